The summed E-state index contributed by atoms with van der Waals surface area (Å²) in [5.41, 5.74) is 2.19. The lowest BCUT2D eigenvalue weighted by atomic mass is 10.1. The normalized spacial score (nSPS) is 12.9. The third kappa shape index (κ3) is 3.99. The molecule has 0 bridgehead atoms. The topological polar surface area (TPSA) is 29.9 Å². The highest BCUT2D eigenvalue weighted by Gasteiger charge is 2.14. The lowest BCUT2D eigenvalue weighted by Crippen LogP contribution is -2.29. The summed E-state index contributed by atoms with van der Waals surface area (Å²) in [5.74, 6) is 0. The van der Waals surface area contributed by atoms with Crippen LogP contribution in [0.25, 0.3) is 0 Å². The molecule has 1 aromatic heterocycles. The van der Waals surface area contributed by atoms with Gasteiger partial charge < -0.3 is 5.32 Å². The van der Waals surface area contributed by atoms with Crippen molar-refractivity contribution in [2.75, 3.05) is 6.54 Å². The molecule has 1 atom stereocenters. The van der Waals surface area contributed by atoms with Crippen LogP contribution in [0.15, 0.2) is 0 Å². The highest BCUT2D eigenvalue weighted by Crippen LogP contribution is 2.22. The van der Waals surface area contributed by atoms with Crippen molar-refractivity contribution in [3.8, 4) is 0 Å². The van der Waals surface area contributed by atoms with Crippen molar-refractivity contribution >= 4 is 11.6 Å². The van der Waals surface area contributed by atoms with E-state index in [2.05, 4.69) is 31.2 Å². The summed E-state index contributed by atoms with van der Waals surface area (Å²) in [4.78, 5) is 0. The summed E-state index contributed by atoms with van der Waals surface area (Å²) in [7, 11) is 1.99. The van der Waals surface area contributed by atoms with Gasteiger partial charge in [-0.2, -0.15) is 5.10 Å². The van der Waals surface area contributed by atoms with E-state index in [1.807, 2.05) is 11.7 Å². The second kappa shape index (κ2) is 7.80. The molecular weight excluding hydrogens is 246 g/mol. The van der Waals surface area contributed by atoms with Crippen LogP contribution >= 0.6 is 11.6 Å². The molecule has 1 N–H and O–H groups in total. The molecule has 18 heavy (non-hydrogen) atoms. The minimum atomic E-state index is 0.584. The quantitative estimate of drug-likeness (QED) is 0.786. The van der Waals surface area contributed by atoms with E-state index in [4.69, 9.17) is 11.6 Å². The molecule has 0 spiro atoms. The van der Waals surface area contributed by atoms with E-state index >= 15 is 0 Å². The molecule has 0 aliphatic carbocycles. The maximum atomic E-state index is 6.36. The first-order valence-corrected chi connectivity index (χ1v) is 7.45. The van der Waals surface area contributed by atoms with Crippen molar-refractivity contribution in [2.24, 2.45) is 7.05 Å². The molecule has 3 nitrogen and oxygen atoms in total. The second-order valence-corrected chi connectivity index (χ2v) is 5.16. The summed E-state index contributed by atoms with van der Waals surface area (Å²) in [6.45, 7) is 7.62. The predicted molar refractivity (Wildman–Crippen MR) is 78.3 cm³/mol. The Morgan fingerprint density at radius 2 is 2.06 bits per heavy atom. The fraction of sp³-hybridized carbons (Fsp3) is 0.786. The molecule has 0 radical (unpaired) electrons. The molecule has 104 valence electrons. The van der Waals surface area contributed by atoms with Gasteiger partial charge in [0.2, 0.25) is 0 Å². The highest BCUT2D eigenvalue weighted by atomic mass is 35.5. The van der Waals surface area contributed by atoms with Crippen molar-refractivity contribution in [2.45, 2.75) is 58.9 Å². The van der Waals surface area contributed by atoms with Crippen LogP contribution in [0.1, 0.15) is 51.4 Å². The molecule has 0 saturated carbocycles. The minimum absolute atomic E-state index is 0.584. The first-order chi connectivity index (χ1) is 8.63. The third-order valence-electron chi connectivity index (χ3n) is 3.41. The van der Waals surface area contributed by atoms with Gasteiger partial charge in [-0.25, -0.2) is 0 Å². The molecule has 1 heterocycles. The standard InChI is InChI=1S/C14H26ClN3/c1-5-10-16-11(6-2)8-9-13-14(15)12(7-3)17-18(13)4/h11,16H,5-10H2,1-4H3. The summed E-state index contributed by atoms with van der Waals surface area (Å²) in [6.07, 6.45) is 5.37. The van der Waals surface area contributed by atoms with E-state index in [-0.39, 0.29) is 0 Å². The maximum absolute atomic E-state index is 6.36. The summed E-state index contributed by atoms with van der Waals surface area (Å²) in [5, 5.41) is 8.90. The Balaban J connectivity index is 2.59. The molecular formula is C14H26ClN3. The SMILES string of the molecule is CCCNC(CC)CCc1c(Cl)c(CC)nn1C. The Labute approximate surface area is 116 Å². The van der Waals surface area contributed by atoms with Gasteiger partial charge in [0.15, 0.2) is 0 Å². The molecule has 0 fully saturated rings. The van der Waals surface area contributed by atoms with Crippen LogP contribution in [-0.4, -0.2) is 22.4 Å². The highest BCUT2D eigenvalue weighted by molar-refractivity contribution is 6.31. The number of nitrogens with zero attached hydrogens (tertiary/aromatic N) is 2. The van der Waals surface area contributed by atoms with Crippen LogP contribution in [0.2, 0.25) is 5.02 Å². The number of nitrogens with one attached hydrogen (secondary N) is 1. The number of rotatable bonds is 8. The third-order valence-corrected chi connectivity index (χ3v) is 3.84. The fourth-order valence-electron chi connectivity index (χ4n) is 2.20. The molecule has 1 rings (SSSR count). The van der Waals surface area contributed by atoms with E-state index in [9.17, 15) is 0 Å². The average molecular weight is 272 g/mol. The fourth-order valence-corrected chi connectivity index (χ4v) is 2.59. The minimum Gasteiger partial charge on any atom is -0.314 e. The van der Waals surface area contributed by atoms with Gasteiger partial charge in [0.05, 0.1) is 16.4 Å². The van der Waals surface area contributed by atoms with Crippen molar-refractivity contribution in [1.82, 2.24) is 15.1 Å². The summed E-state index contributed by atoms with van der Waals surface area (Å²) < 4.78 is 1.94. The number of hydrogen-bond acceptors (Lipinski definition) is 2. The van der Waals surface area contributed by atoms with Crippen LogP contribution in [0, 0.1) is 0 Å². The number of aromatic nitrogens is 2. The lowest BCUT2D eigenvalue weighted by molar-refractivity contribution is 0.462. The van der Waals surface area contributed by atoms with Crippen LogP contribution in [0.4, 0.5) is 0 Å². The average Bonchev–Trinajstić information content (AvgIpc) is 2.65. The smallest absolute Gasteiger partial charge is 0.0849 e. The van der Waals surface area contributed by atoms with Gasteiger partial charge in [-0.3, -0.25) is 4.68 Å². The summed E-state index contributed by atoms with van der Waals surface area (Å²) >= 11 is 6.36. The number of aryl methyl sites for hydroxylation is 2. The molecule has 0 saturated heterocycles. The van der Waals surface area contributed by atoms with Crippen LogP contribution in [-0.2, 0) is 19.9 Å². The Morgan fingerprint density at radius 3 is 2.56 bits per heavy atom. The Bertz CT molecular complexity index is 360. The number of hydrogen-bond donors (Lipinski definition) is 1. The molecule has 4 heteroatoms. The zero-order chi connectivity index (χ0) is 13.5. The molecule has 0 aliphatic rings. The molecule has 0 aromatic carbocycles. The van der Waals surface area contributed by atoms with Crippen LogP contribution in [0.3, 0.4) is 0 Å². The van der Waals surface area contributed by atoms with Crippen LogP contribution in [0.5, 0.6) is 0 Å². The predicted octanol–water partition coefficient (Wildman–Crippen LogP) is 3.35. The van der Waals surface area contributed by atoms with Gasteiger partial charge in [-0.15, -0.1) is 0 Å². The zero-order valence-corrected chi connectivity index (χ0v) is 12.8. The van der Waals surface area contributed by atoms with Gasteiger partial charge in [-0.1, -0.05) is 32.4 Å². The Morgan fingerprint density at radius 1 is 1.33 bits per heavy atom. The molecule has 1 unspecified atom stereocenters. The zero-order valence-electron chi connectivity index (χ0n) is 12.1. The van der Waals surface area contributed by atoms with Gasteiger partial charge in [-0.05, 0) is 38.6 Å². The number of halogens is 1. The first-order valence-electron chi connectivity index (χ1n) is 7.07. The van der Waals surface area contributed by atoms with E-state index in [1.165, 1.54) is 12.1 Å². The van der Waals surface area contributed by atoms with E-state index in [1.54, 1.807) is 0 Å². The van der Waals surface area contributed by atoms with Gasteiger partial charge in [0.1, 0.15) is 0 Å². The van der Waals surface area contributed by atoms with E-state index in [0.717, 1.165) is 42.9 Å². The molecule has 0 amide bonds. The van der Waals surface area contributed by atoms with Gasteiger partial charge in [0.25, 0.3) is 0 Å². The Hall–Kier alpha value is -0.540. The lowest BCUT2D eigenvalue weighted by Gasteiger charge is -2.16. The molecule has 0 aliphatic heterocycles. The first kappa shape index (κ1) is 15.5. The largest absolute Gasteiger partial charge is 0.314 e. The van der Waals surface area contributed by atoms with Crippen LogP contribution < -0.4 is 5.32 Å². The van der Waals surface area contributed by atoms with E-state index < -0.39 is 0 Å². The van der Waals surface area contributed by atoms with Gasteiger partial charge >= 0.3 is 0 Å². The summed E-state index contributed by atoms with van der Waals surface area (Å²) in [6, 6.07) is 0.584. The van der Waals surface area contributed by atoms with Crippen molar-refractivity contribution < 1.29 is 0 Å². The maximum Gasteiger partial charge on any atom is 0.0849 e. The van der Waals surface area contributed by atoms with Crippen molar-refractivity contribution in [1.29, 1.82) is 0 Å². The Kier molecular flexibility index (Phi) is 6.72. The second-order valence-electron chi connectivity index (χ2n) is 4.78. The molecule has 1 aromatic rings. The van der Waals surface area contributed by atoms with Gasteiger partial charge in [0, 0.05) is 13.1 Å². The van der Waals surface area contributed by atoms with E-state index in [0.29, 0.717) is 6.04 Å². The van der Waals surface area contributed by atoms with Crippen molar-refractivity contribution in [3.63, 3.8) is 0 Å². The van der Waals surface area contributed by atoms with Crippen molar-refractivity contribution in [3.05, 3.63) is 16.4 Å². The monoisotopic (exact) mass is 271 g/mol.